The maximum atomic E-state index is 12.0. The van der Waals surface area contributed by atoms with Gasteiger partial charge in [-0.1, -0.05) is 48.8 Å². The molecule has 1 rings (SSSR count). The van der Waals surface area contributed by atoms with Crippen LogP contribution in [0.1, 0.15) is 39.3 Å². The van der Waals surface area contributed by atoms with Crippen molar-refractivity contribution in [3.8, 4) is 0 Å². The van der Waals surface area contributed by atoms with Crippen LogP contribution in [0.25, 0.3) is 0 Å². The Morgan fingerprint density at radius 3 is 2.50 bits per heavy atom. The van der Waals surface area contributed by atoms with E-state index in [9.17, 15) is 4.79 Å². The zero-order valence-corrected chi connectivity index (χ0v) is 12.9. The molecule has 0 spiro atoms. The number of benzene rings is 1. The summed E-state index contributed by atoms with van der Waals surface area (Å²) in [7, 11) is 0. The molecule has 4 heteroatoms. The molecule has 1 aromatic carbocycles. The number of hydrogen-bond acceptors (Lipinski definition) is 2. The number of nitrogens with one attached hydrogen (secondary N) is 1. The van der Waals surface area contributed by atoms with E-state index in [0.717, 1.165) is 10.0 Å². The van der Waals surface area contributed by atoms with Gasteiger partial charge in [0.2, 0.25) is 5.91 Å². The van der Waals surface area contributed by atoms with Gasteiger partial charge in [-0.05, 0) is 30.0 Å². The minimum Gasteiger partial charge on any atom is -0.348 e. The Kier molecular flexibility index (Phi) is 4.93. The van der Waals surface area contributed by atoms with Crippen LogP contribution in [-0.2, 0) is 4.79 Å². The SMILES string of the molecule is CC(NC(=O)C(N)C(C)(C)C)c1cccc(Br)c1. The molecule has 3 N–H and O–H groups in total. The third-order valence-electron chi connectivity index (χ3n) is 2.92. The highest BCUT2D eigenvalue weighted by molar-refractivity contribution is 9.10. The number of rotatable bonds is 3. The summed E-state index contributed by atoms with van der Waals surface area (Å²) in [5.74, 6) is -0.116. The smallest absolute Gasteiger partial charge is 0.237 e. The minimum atomic E-state index is -0.507. The first-order valence-electron chi connectivity index (χ1n) is 6.03. The largest absolute Gasteiger partial charge is 0.348 e. The molecule has 0 fully saturated rings. The standard InChI is InChI=1S/C14H21BrN2O/c1-9(10-6-5-7-11(15)8-10)17-13(18)12(16)14(2,3)4/h5-9,12H,16H2,1-4H3,(H,17,18). The van der Waals surface area contributed by atoms with Gasteiger partial charge in [0.1, 0.15) is 0 Å². The summed E-state index contributed by atoms with van der Waals surface area (Å²) in [5, 5.41) is 2.94. The van der Waals surface area contributed by atoms with Gasteiger partial charge in [0, 0.05) is 4.47 Å². The Labute approximate surface area is 117 Å². The van der Waals surface area contributed by atoms with E-state index in [-0.39, 0.29) is 17.4 Å². The molecule has 100 valence electrons. The lowest BCUT2D eigenvalue weighted by atomic mass is 9.86. The molecule has 2 unspecified atom stereocenters. The van der Waals surface area contributed by atoms with Gasteiger partial charge in [0.05, 0.1) is 12.1 Å². The summed E-state index contributed by atoms with van der Waals surface area (Å²) in [6, 6.07) is 7.33. The number of hydrogen-bond donors (Lipinski definition) is 2. The summed E-state index contributed by atoms with van der Waals surface area (Å²) in [5.41, 5.74) is 6.75. The predicted molar refractivity (Wildman–Crippen MR) is 78.1 cm³/mol. The van der Waals surface area contributed by atoms with Crippen molar-refractivity contribution in [3.63, 3.8) is 0 Å². The van der Waals surface area contributed by atoms with Gasteiger partial charge in [0.25, 0.3) is 0 Å². The van der Waals surface area contributed by atoms with E-state index < -0.39 is 6.04 Å². The van der Waals surface area contributed by atoms with Crippen molar-refractivity contribution >= 4 is 21.8 Å². The molecule has 0 heterocycles. The number of halogens is 1. The molecule has 0 aliphatic heterocycles. The Morgan fingerprint density at radius 1 is 1.39 bits per heavy atom. The minimum absolute atomic E-state index is 0.0524. The lowest BCUT2D eigenvalue weighted by molar-refractivity contribution is -0.125. The second-order valence-corrected chi connectivity index (χ2v) is 6.54. The zero-order chi connectivity index (χ0) is 13.9. The Hall–Kier alpha value is -0.870. The predicted octanol–water partition coefficient (Wildman–Crippen LogP) is 3.00. The fourth-order valence-electron chi connectivity index (χ4n) is 1.56. The summed E-state index contributed by atoms with van der Waals surface area (Å²) >= 11 is 3.42. The van der Waals surface area contributed by atoms with Crippen molar-refractivity contribution in [1.82, 2.24) is 5.32 Å². The van der Waals surface area contributed by atoms with Crippen molar-refractivity contribution in [1.29, 1.82) is 0 Å². The highest BCUT2D eigenvalue weighted by Gasteiger charge is 2.28. The van der Waals surface area contributed by atoms with Crippen molar-refractivity contribution in [3.05, 3.63) is 34.3 Å². The molecule has 1 amide bonds. The number of amides is 1. The van der Waals surface area contributed by atoms with Crippen LogP contribution in [0, 0.1) is 5.41 Å². The average molecular weight is 313 g/mol. The van der Waals surface area contributed by atoms with E-state index in [1.54, 1.807) is 0 Å². The van der Waals surface area contributed by atoms with Crippen LogP contribution < -0.4 is 11.1 Å². The molecular formula is C14H21BrN2O. The third kappa shape index (κ3) is 4.10. The molecule has 0 radical (unpaired) electrons. The fourth-order valence-corrected chi connectivity index (χ4v) is 1.97. The van der Waals surface area contributed by atoms with E-state index in [2.05, 4.69) is 21.2 Å². The second kappa shape index (κ2) is 5.85. The number of carbonyl (C=O) groups is 1. The van der Waals surface area contributed by atoms with E-state index in [4.69, 9.17) is 5.73 Å². The van der Waals surface area contributed by atoms with Gasteiger partial charge in [-0.2, -0.15) is 0 Å². The Morgan fingerprint density at radius 2 is 2.00 bits per heavy atom. The quantitative estimate of drug-likeness (QED) is 0.901. The molecule has 0 aliphatic rings. The molecule has 2 atom stereocenters. The van der Waals surface area contributed by atoms with E-state index in [1.807, 2.05) is 52.0 Å². The van der Waals surface area contributed by atoms with Crippen LogP contribution in [-0.4, -0.2) is 11.9 Å². The van der Waals surface area contributed by atoms with Gasteiger partial charge in [-0.25, -0.2) is 0 Å². The maximum Gasteiger partial charge on any atom is 0.237 e. The van der Waals surface area contributed by atoms with Crippen LogP contribution in [0.3, 0.4) is 0 Å². The maximum absolute atomic E-state index is 12.0. The lowest BCUT2D eigenvalue weighted by Crippen LogP contribution is -2.49. The summed E-state index contributed by atoms with van der Waals surface area (Å²) in [4.78, 5) is 12.0. The van der Waals surface area contributed by atoms with Crippen molar-refractivity contribution in [2.75, 3.05) is 0 Å². The highest BCUT2D eigenvalue weighted by atomic mass is 79.9. The molecule has 0 saturated heterocycles. The molecule has 1 aromatic rings. The van der Waals surface area contributed by atoms with Crippen LogP contribution in [0.4, 0.5) is 0 Å². The van der Waals surface area contributed by atoms with Crippen molar-refractivity contribution in [2.24, 2.45) is 11.1 Å². The van der Waals surface area contributed by atoms with Gasteiger partial charge >= 0.3 is 0 Å². The van der Waals surface area contributed by atoms with Crippen LogP contribution in [0.2, 0.25) is 0 Å². The van der Waals surface area contributed by atoms with Gasteiger partial charge in [-0.15, -0.1) is 0 Å². The summed E-state index contributed by atoms with van der Waals surface area (Å²) in [6.07, 6.45) is 0. The molecule has 0 saturated carbocycles. The normalized spacial score (nSPS) is 15.0. The fraction of sp³-hybridized carbons (Fsp3) is 0.500. The summed E-state index contributed by atoms with van der Waals surface area (Å²) < 4.78 is 1.00. The van der Waals surface area contributed by atoms with Crippen molar-refractivity contribution in [2.45, 2.75) is 39.8 Å². The zero-order valence-electron chi connectivity index (χ0n) is 11.3. The van der Waals surface area contributed by atoms with E-state index >= 15 is 0 Å². The van der Waals surface area contributed by atoms with Crippen LogP contribution >= 0.6 is 15.9 Å². The van der Waals surface area contributed by atoms with Gasteiger partial charge in [0.15, 0.2) is 0 Å². The molecule has 0 aromatic heterocycles. The number of carbonyl (C=O) groups excluding carboxylic acids is 1. The second-order valence-electron chi connectivity index (χ2n) is 5.63. The Balaban J connectivity index is 2.71. The van der Waals surface area contributed by atoms with E-state index in [1.165, 1.54) is 0 Å². The Bertz CT molecular complexity index is 426. The molecule has 0 bridgehead atoms. The first kappa shape index (κ1) is 15.2. The molecule has 18 heavy (non-hydrogen) atoms. The van der Waals surface area contributed by atoms with Crippen LogP contribution in [0.5, 0.6) is 0 Å². The van der Waals surface area contributed by atoms with Gasteiger partial charge < -0.3 is 11.1 Å². The average Bonchev–Trinajstić information content (AvgIpc) is 2.26. The first-order chi connectivity index (χ1) is 8.21. The van der Waals surface area contributed by atoms with Crippen LogP contribution in [0.15, 0.2) is 28.7 Å². The third-order valence-corrected chi connectivity index (χ3v) is 3.42. The molecular weight excluding hydrogens is 292 g/mol. The van der Waals surface area contributed by atoms with Crippen molar-refractivity contribution < 1.29 is 4.79 Å². The highest BCUT2D eigenvalue weighted by Crippen LogP contribution is 2.20. The molecule has 3 nitrogen and oxygen atoms in total. The molecule has 0 aliphatic carbocycles. The monoisotopic (exact) mass is 312 g/mol. The summed E-state index contributed by atoms with van der Waals surface area (Å²) in [6.45, 7) is 7.83. The van der Waals surface area contributed by atoms with E-state index in [0.29, 0.717) is 0 Å². The first-order valence-corrected chi connectivity index (χ1v) is 6.82. The van der Waals surface area contributed by atoms with Gasteiger partial charge in [-0.3, -0.25) is 4.79 Å². The lowest BCUT2D eigenvalue weighted by Gasteiger charge is -2.27. The number of nitrogens with two attached hydrogens (primary N) is 1. The topological polar surface area (TPSA) is 55.1 Å².